The van der Waals surface area contributed by atoms with Crippen molar-refractivity contribution >= 4 is 17.3 Å². The van der Waals surface area contributed by atoms with Crippen LogP contribution in [-0.4, -0.2) is 57.9 Å². The molecule has 3 heterocycles. The number of nitrogens with zero attached hydrogens (tertiary/aromatic N) is 3. The maximum absolute atomic E-state index is 13.4. The van der Waals surface area contributed by atoms with E-state index in [0.29, 0.717) is 39.1 Å². The Morgan fingerprint density at radius 3 is 2.79 bits per heavy atom. The molecule has 2 amide bonds. The van der Waals surface area contributed by atoms with Crippen molar-refractivity contribution in [2.45, 2.75) is 38.6 Å². The number of carbonyl (C=O) groups is 2. The molecule has 1 N–H and O–H groups in total. The summed E-state index contributed by atoms with van der Waals surface area (Å²) >= 11 is 0. The van der Waals surface area contributed by atoms with Crippen LogP contribution in [0.15, 0.2) is 61.1 Å². The largest absolute Gasteiger partial charge is 0.379 e. The van der Waals surface area contributed by atoms with Gasteiger partial charge in [-0.15, -0.1) is 0 Å². The lowest BCUT2D eigenvalue weighted by Gasteiger charge is -2.33. The zero-order chi connectivity index (χ0) is 23.3. The smallest absolute Gasteiger partial charge is 0.247 e. The Morgan fingerprint density at radius 1 is 1.15 bits per heavy atom. The molecule has 1 aliphatic rings. The number of aryl methyl sites for hydroxylation is 1. The number of hydrogen-bond donors (Lipinski definition) is 1. The van der Waals surface area contributed by atoms with Crippen LogP contribution in [0.5, 0.6) is 0 Å². The average molecular weight is 449 g/mol. The Hall–Kier alpha value is -3.19. The van der Waals surface area contributed by atoms with Crippen LogP contribution in [-0.2, 0) is 27.2 Å². The molecule has 0 saturated carbocycles. The molecule has 33 heavy (non-hydrogen) atoms. The fourth-order valence-corrected chi connectivity index (χ4v) is 4.41. The van der Waals surface area contributed by atoms with Crippen molar-refractivity contribution in [3.63, 3.8) is 0 Å². The van der Waals surface area contributed by atoms with E-state index in [2.05, 4.69) is 20.8 Å². The molecule has 0 bridgehead atoms. The van der Waals surface area contributed by atoms with Gasteiger partial charge in [0.1, 0.15) is 5.54 Å². The van der Waals surface area contributed by atoms with Crippen molar-refractivity contribution in [1.29, 1.82) is 0 Å². The minimum absolute atomic E-state index is 0.0834. The molecule has 1 fully saturated rings. The molecule has 7 heteroatoms. The number of fused-ring (bicyclic) bond motifs is 1. The molecule has 0 aliphatic carbocycles. The highest BCUT2D eigenvalue weighted by Gasteiger charge is 2.35. The lowest BCUT2D eigenvalue weighted by Crippen LogP contribution is -2.57. The van der Waals surface area contributed by atoms with E-state index >= 15 is 0 Å². The van der Waals surface area contributed by atoms with Crippen molar-refractivity contribution in [1.82, 2.24) is 19.6 Å². The number of ether oxygens (including phenoxy) is 1. The summed E-state index contributed by atoms with van der Waals surface area (Å²) in [5.74, 6) is -0.0708. The molecular formula is C26H32N4O3. The molecule has 1 aliphatic heterocycles. The van der Waals surface area contributed by atoms with Crippen LogP contribution in [0.2, 0.25) is 0 Å². The summed E-state index contributed by atoms with van der Waals surface area (Å²) in [5.41, 5.74) is 2.20. The van der Waals surface area contributed by atoms with E-state index < -0.39 is 5.54 Å². The fraction of sp³-hybridized carbons (Fsp3) is 0.423. The zero-order valence-electron chi connectivity index (χ0n) is 19.4. The van der Waals surface area contributed by atoms with Gasteiger partial charge in [0.25, 0.3) is 0 Å². The van der Waals surface area contributed by atoms with Crippen LogP contribution in [0, 0.1) is 5.92 Å². The molecule has 1 atom stereocenters. The Labute approximate surface area is 194 Å². The van der Waals surface area contributed by atoms with Crippen LogP contribution in [0.4, 0.5) is 0 Å². The van der Waals surface area contributed by atoms with Gasteiger partial charge in [-0.05, 0) is 44.4 Å². The first-order chi connectivity index (χ1) is 15.9. The summed E-state index contributed by atoms with van der Waals surface area (Å²) in [6, 6.07) is 13.9. The molecule has 2 aromatic heterocycles. The lowest BCUT2D eigenvalue weighted by molar-refractivity contribution is -0.140. The third-order valence-electron chi connectivity index (χ3n) is 6.11. The molecule has 0 unspecified atom stereocenters. The first-order valence-corrected chi connectivity index (χ1v) is 11.5. The second-order valence-electron chi connectivity index (χ2n) is 9.23. The van der Waals surface area contributed by atoms with Crippen LogP contribution >= 0.6 is 0 Å². The molecule has 0 spiro atoms. The number of amides is 2. The van der Waals surface area contributed by atoms with Crippen LogP contribution in [0.25, 0.3) is 5.52 Å². The Morgan fingerprint density at radius 2 is 1.97 bits per heavy atom. The first kappa shape index (κ1) is 23.0. The number of rotatable bonds is 7. The predicted molar refractivity (Wildman–Crippen MR) is 127 cm³/mol. The van der Waals surface area contributed by atoms with Gasteiger partial charge in [-0.3, -0.25) is 14.6 Å². The quantitative estimate of drug-likeness (QED) is 0.603. The Balaban J connectivity index is 1.37. The number of benzene rings is 1. The van der Waals surface area contributed by atoms with Crippen molar-refractivity contribution < 1.29 is 14.3 Å². The van der Waals surface area contributed by atoms with Crippen molar-refractivity contribution in [2.75, 3.05) is 26.3 Å². The molecule has 3 aromatic rings. The van der Waals surface area contributed by atoms with Gasteiger partial charge in [-0.25, -0.2) is 0 Å². The van der Waals surface area contributed by atoms with E-state index in [0.717, 1.165) is 23.2 Å². The van der Waals surface area contributed by atoms with Gasteiger partial charge in [0.15, 0.2) is 0 Å². The zero-order valence-corrected chi connectivity index (χ0v) is 19.4. The highest BCUT2D eigenvalue weighted by molar-refractivity contribution is 5.90. The third kappa shape index (κ3) is 5.79. The van der Waals surface area contributed by atoms with E-state index in [-0.39, 0.29) is 17.7 Å². The van der Waals surface area contributed by atoms with Crippen molar-refractivity contribution in [3.05, 3.63) is 72.3 Å². The highest BCUT2D eigenvalue weighted by atomic mass is 16.5. The normalized spacial score (nSPS) is 17.0. The van der Waals surface area contributed by atoms with E-state index in [1.54, 1.807) is 20.0 Å². The molecule has 174 valence electrons. The number of aromatic nitrogens is 2. The molecule has 1 saturated heterocycles. The van der Waals surface area contributed by atoms with Crippen LogP contribution in [0.3, 0.4) is 0 Å². The van der Waals surface area contributed by atoms with Crippen LogP contribution in [0.1, 0.15) is 31.5 Å². The van der Waals surface area contributed by atoms with Gasteiger partial charge < -0.3 is 19.4 Å². The number of hydrogen-bond acceptors (Lipinski definition) is 4. The maximum Gasteiger partial charge on any atom is 0.247 e. The van der Waals surface area contributed by atoms with Crippen molar-refractivity contribution in [3.8, 4) is 0 Å². The monoisotopic (exact) mass is 448 g/mol. The minimum atomic E-state index is -0.984. The highest BCUT2D eigenvalue weighted by Crippen LogP contribution is 2.19. The van der Waals surface area contributed by atoms with Gasteiger partial charge in [0, 0.05) is 44.0 Å². The van der Waals surface area contributed by atoms with Crippen LogP contribution < -0.4 is 5.32 Å². The van der Waals surface area contributed by atoms with Gasteiger partial charge >= 0.3 is 0 Å². The minimum Gasteiger partial charge on any atom is -0.379 e. The van der Waals surface area contributed by atoms with Gasteiger partial charge in [0.2, 0.25) is 11.8 Å². The number of nitrogens with one attached hydrogen (secondary N) is 1. The third-order valence-corrected chi connectivity index (χ3v) is 6.11. The summed E-state index contributed by atoms with van der Waals surface area (Å²) in [7, 11) is 0. The van der Waals surface area contributed by atoms with Gasteiger partial charge in [-0.2, -0.15) is 0 Å². The number of carbonyl (C=O) groups excluding carboxylic acids is 2. The van der Waals surface area contributed by atoms with Gasteiger partial charge in [-0.1, -0.05) is 30.3 Å². The molecular weight excluding hydrogens is 416 g/mol. The molecule has 7 nitrogen and oxygen atoms in total. The summed E-state index contributed by atoms with van der Waals surface area (Å²) in [6.45, 7) is 5.71. The van der Waals surface area contributed by atoms with E-state index in [1.165, 1.54) is 0 Å². The predicted octanol–water partition coefficient (Wildman–Crippen LogP) is 2.88. The molecule has 4 rings (SSSR count). The second-order valence-corrected chi connectivity index (χ2v) is 9.23. The summed E-state index contributed by atoms with van der Waals surface area (Å²) in [6.07, 6.45) is 7.46. The Kier molecular flexibility index (Phi) is 7.08. The molecule has 1 aromatic carbocycles. The first-order valence-electron chi connectivity index (χ1n) is 11.5. The summed E-state index contributed by atoms with van der Waals surface area (Å²) in [4.78, 5) is 32.4. The maximum atomic E-state index is 13.4. The lowest BCUT2D eigenvalue weighted by atomic mass is 9.99. The summed E-state index contributed by atoms with van der Waals surface area (Å²) < 4.78 is 7.87. The second kappa shape index (κ2) is 10.2. The Bertz CT molecular complexity index is 1090. The van der Waals surface area contributed by atoms with Crippen molar-refractivity contribution in [2.24, 2.45) is 5.92 Å². The van der Waals surface area contributed by atoms with Gasteiger partial charge in [0.05, 0.1) is 24.4 Å². The van der Waals surface area contributed by atoms with E-state index in [9.17, 15) is 9.59 Å². The fourth-order valence-electron chi connectivity index (χ4n) is 4.41. The standard InChI is InChI=1S/C26H32N4O3/c1-26(2,28-24(31)11-10-20-7-4-3-5-8-20)25(32)30-15-16-33-19-21(18-30)17-22-23-9-6-13-29(23)14-12-27-22/h3-9,12-14,21H,10-11,15-19H2,1-2H3,(H,28,31)/t21-/m0/s1. The van der Waals surface area contributed by atoms with E-state index in [4.69, 9.17) is 4.74 Å². The van der Waals surface area contributed by atoms with E-state index in [1.807, 2.05) is 53.7 Å². The average Bonchev–Trinajstić information content (AvgIpc) is 3.18. The summed E-state index contributed by atoms with van der Waals surface area (Å²) in [5, 5.41) is 2.94. The topological polar surface area (TPSA) is 75.9 Å². The molecule has 0 radical (unpaired) electrons. The SMILES string of the molecule is CC(C)(NC(=O)CCc1ccccc1)C(=O)N1CCOC[C@@H](Cc2nccn3cccc23)C1.